The van der Waals surface area contributed by atoms with E-state index in [4.69, 9.17) is 9.47 Å². The lowest BCUT2D eigenvalue weighted by Gasteiger charge is -2.08. The molecule has 28 heavy (non-hydrogen) atoms. The van der Waals surface area contributed by atoms with Crippen LogP contribution >= 0.6 is 0 Å². The number of esters is 1. The molecule has 0 radical (unpaired) electrons. The third-order valence-corrected chi connectivity index (χ3v) is 3.65. The molecule has 1 amide bonds. The number of nitrogens with zero attached hydrogens (tertiary/aromatic N) is 1. The van der Waals surface area contributed by atoms with Crippen LogP contribution < -0.4 is 10.1 Å². The number of nitro groups is 1. The number of aryl methyl sites for hydroxylation is 1. The van der Waals surface area contributed by atoms with Gasteiger partial charge in [0, 0.05) is 12.1 Å². The first-order valence-electron chi connectivity index (χ1n) is 8.04. The van der Waals surface area contributed by atoms with E-state index in [0.717, 1.165) is 6.08 Å². The summed E-state index contributed by atoms with van der Waals surface area (Å²) in [5.41, 5.74) is 0.671. The number of para-hydroxylation sites is 1. The summed E-state index contributed by atoms with van der Waals surface area (Å²) in [6, 6.07) is 8.47. The van der Waals surface area contributed by atoms with E-state index in [9.17, 15) is 24.1 Å². The number of carbonyl (C=O) groups is 2. The molecule has 0 unspecified atom stereocenters. The second kappa shape index (κ2) is 9.26. The summed E-state index contributed by atoms with van der Waals surface area (Å²) in [6.45, 7) is 0.969. The van der Waals surface area contributed by atoms with Crippen molar-refractivity contribution in [3.63, 3.8) is 0 Å². The van der Waals surface area contributed by atoms with Gasteiger partial charge in [-0.1, -0.05) is 18.2 Å². The van der Waals surface area contributed by atoms with Gasteiger partial charge >= 0.3 is 5.97 Å². The number of methoxy groups -OCH3 is 1. The van der Waals surface area contributed by atoms with Gasteiger partial charge < -0.3 is 14.8 Å². The summed E-state index contributed by atoms with van der Waals surface area (Å²) in [5, 5.41) is 13.4. The maximum Gasteiger partial charge on any atom is 0.331 e. The van der Waals surface area contributed by atoms with Crippen LogP contribution in [0.5, 0.6) is 5.75 Å². The molecule has 0 heterocycles. The zero-order valence-corrected chi connectivity index (χ0v) is 15.1. The van der Waals surface area contributed by atoms with Gasteiger partial charge in [0.15, 0.2) is 18.2 Å². The van der Waals surface area contributed by atoms with Crippen LogP contribution in [0, 0.1) is 22.9 Å². The Morgan fingerprint density at radius 1 is 1.29 bits per heavy atom. The molecule has 0 fully saturated rings. The van der Waals surface area contributed by atoms with Gasteiger partial charge in [0.05, 0.1) is 12.0 Å². The van der Waals surface area contributed by atoms with E-state index in [-0.39, 0.29) is 17.1 Å². The quantitative estimate of drug-likeness (QED) is 0.338. The number of ether oxygens (including phenoxy) is 2. The highest BCUT2D eigenvalue weighted by Crippen LogP contribution is 2.27. The van der Waals surface area contributed by atoms with Crippen molar-refractivity contribution in [3.05, 3.63) is 69.5 Å². The molecule has 0 saturated heterocycles. The van der Waals surface area contributed by atoms with Crippen LogP contribution in [0.3, 0.4) is 0 Å². The Kier molecular flexibility index (Phi) is 6.80. The van der Waals surface area contributed by atoms with Gasteiger partial charge in [-0.25, -0.2) is 9.18 Å². The third kappa shape index (κ3) is 5.37. The van der Waals surface area contributed by atoms with E-state index in [1.807, 2.05) is 0 Å². The number of nitro benzene ring substituents is 1. The summed E-state index contributed by atoms with van der Waals surface area (Å²) >= 11 is 0. The molecule has 0 bridgehead atoms. The molecule has 0 saturated carbocycles. The zero-order valence-electron chi connectivity index (χ0n) is 15.1. The molecule has 8 nitrogen and oxygen atoms in total. The topological polar surface area (TPSA) is 108 Å². The number of carbonyl (C=O) groups excluding carboxylic acids is 2. The zero-order chi connectivity index (χ0) is 20.7. The van der Waals surface area contributed by atoms with Crippen molar-refractivity contribution in [2.24, 2.45) is 0 Å². The SMILES string of the molecule is COc1ccc(/C=C/C(=O)OCC(=O)Nc2c(C)cccc2[N+](=O)[O-])cc1F. The van der Waals surface area contributed by atoms with Crippen LogP contribution in [0.1, 0.15) is 11.1 Å². The fraction of sp³-hybridized carbons (Fsp3) is 0.158. The molecule has 1 N–H and O–H groups in total. The summed E-state index contributed by atoms with van der Waals surface area (Å²) in [6.07, 6.45) is 2.35. The Morgan fingerprint density at radius 2 is 2.04 bits per heavy atom. The van der Waals surface area contributed by atoms with Crippen molar-refractivity contribution in [1.82, 2.24) is 0 Å². The minimum Gasteiger partial charge on any atom is -0.494 e. The molecule has 0 aliphatic carbocycles. The van der Waals surface area contributed by atoms with E-state index in [0.29, 0.717) is 11.1 Å². The largest absolute Gasteiger partial charge is 0.494 e. The molecule has 2 rings (SSSR count). The fourth-order valence-corrected chi connectivity index (χ4v) is 2.28. The average molecular weight is 388 g/mol. The van der Waals surface area contributed by atoms with Gasteiger partial charge in [-0.2, -0.15) is 0 Å². The number of anilines is 1. The number of benzene rings is 2. The molecule has 2 aromatic carbocycles. The standard InChI is InChI=1S/C19H17FN2O6/c1-12-4-3-5-15(22(25)26)19(12)21-17(23)11-28-18(24)9-7-13-6-8-16(27-2)14(20)10-13/h3-10H,11H2,1-2H3,(H,21,23)/b9-7+. The van der Waals surface area contributed by atoms with Crippen molar-refractivity contribution < 1.29 is 28.4 Å². The molecule has 0 aromatic heterocycles. The van der Waals surface area contributed by atoms with Crippen LogP contribution in [-0.4, -0.2) is 30.5 Å². The highest BCUT2D eigenvalue weighted by Gasteiger charge is 2.18. The van der Waals surface area contributed by atoms with Crippen LogP contribution in [-0.2, 0) is 14.3 Å². The number of halogens is 1. The molecule has 2 aromatic rings. The van der Waals surface area contributed by atoms with Gasteiger partial charge in [0.2, 0.25) is 0 Å². The smallest absolute Gasteiger partial charge is 0.331 e. The summed E-state index contributed by atoms with van der Waals surface area (Å²) in [5.74, 6) is -2.07. The Morgan fingerprint density at radius 3 is 2.68 bits per heavy atom. The predicted molar refractivity (Wildman–Crippen MR) is 99.4 cm³/mol. The predicted octanol–water partition coefficient (Wildman–Crippen LogP) is 3.25. The molecule has 9 heteroatoms. The minimum absolute atomic E-state index is 0.0396. The first-order valence-corrected chi connectivity index (χ1v) is 8.04. The number of hydrogen-bond acceptors (Lipinski definition) is 6. The normalized spacial score (nSPS) is 10.5. The Balaban J connectivity index is 1.94. The Hall–Kier alpha value is -3.75. The lowest BCUT2D eigenvalue weighted by molar-refractivity contribution is -0.384. The second-order valence-corrected chi connectivity index (χ2v) is 5.61. The number of nitrogens with one attached hydrogen (secondary N) is 1. The van der Waals surface area contributed by atoms with E-state index in [1.54, 1.807) is 13.0 Å². The third-order valence-electron chi connectivity index (χ3n) is 3.65. The van der Waals surface area contributed by atoms with E-state index in [1.165, 1.54) is 43.5 Å². The van der Waals surface area contributed by atoms with Gasteiger partial charge in [0.1, 0.15) is 5.69 Å². The summed E-state index contributed by atoms with van der Waals surface area (Å²) in [7, 11) is 1.34. The monoisotopic (exact) mass is 388 g/mol. The van der Waals surface area contributed by atoms with Crippen molar-refractivity contribution in [2.75, 3.05) is 19.0 Å². The molecule has 0 atom stereocenters. The Bertz CT molecular complexity index is 942. The van der Waals surface area contributed by atoms with E-state index < -0.39 is 29.2 Å². The molecular weight excluding hydrogens is 371 g/mol. The number of hydrogen-bond donors (Lipinski definition) is 1. The van der Waals surface area contributed by atoms with E-state index in [2.05, 4.69) is 5.32 Å². The molecule has 0 aliphatic rings. The maximum atomic E-state index is 13.6. The van der Waals surface area contributed by atoms with Crippen molar-refractivity contribution in [2.45, 2.75) is 6.92 Å². The highest BCUT2D eigenvalue weighted by atomic mass is 19.1. The maximum absolute atomic E-state index is 13.6. The van der Waals surface area contributed by atoms with Gasteiger partial charge in [-0.3, -0.25) is 14.9 Å². The minimum atomic E-state index is -0.828. The lowest BCUT2D eigenvalue weighted by Crippen LogP contribution is -2.21. The molecule has 0 aliphatic heterocycles. The fourth-order valence-electron chi connectivity index (χ4n) is 2.28. The number of rotatable bonds is 7. The van der Waals surface area contributed by atoms with Crippen LogP contribution in [0.25, 0.3) is 6.08 Å². The van der Waals surface area contributed by atoms with Gasteiger partial charge in [-0.15, -0.1) is 0 Å². The lowest BCUT2D eigenvalue weighted by atomic mass is 10.1. The number of amides is 1. The summed E-state index contributed by atoms with van der Waals surface area (Å²) < 4.78 is 23.2. The molecular formula is C19H17FN2O6. The van der Waals surface area contributed by atoms with Gasteiger partial charge in [-0.05, 0) is 36.3 Å². The van der Waals surface area contributed by atoms with Crippen molar-refractivity contribution in [3.8, 4) is 5.75 Å². The van der Waals surface area contributed by atoms with E-state index >= 15 is 0 Å². The average Bonchev–Trinajstić information content (AvgIpc) is 2.66. The van der Waals surface area contributed by atoms with Crippen LogP contribution in [0.2, 0.25) is 0 Å². The van der Waals surface area contributed by atoms with Crippen molar-refractivity contribution >= 4 is 29.3 Å². The second-order valence-electron chi connectivity index (χ2n) is 5.61. The van der Waals surface area contributed by atoms with Crippen LogP contribution in [0.15, 0.2) is 42.5 Å². The summed E-state index contributed by atoms with van der Waals surface area (Å²) in [4.78, 5) is 34.1. The van der Waals surface area contributed by atoms with Crippen molar-refractivity contribution in [1.29, 1.82) is 0 Å². The first-order chi connectivity index (χ1) is 13.3. The molecule has 146 valence electrons. The van der Waals surface area contributed by atoms with Crippen LogP contribution in [0.4, 0.5) is 15.8 Å². The molecule has 0 spiro atoms. The highest BCUT2D eigenvalue weighted by molar-refractivity contribution is 5.96. The van der Waals surface area contributed by atoms with Gasteiger partial charge in [0.25, 0.3) is 11.6 Å². The Labute approximate surface area is 159 Å². The first kappa shape index (κ1) is 20.6.